The molecule has 3 rings (SSSR count). The number of nitrogens with zero attached hydrogens (tertiary/aromatic N) is 2. The largest absolute Gasteiger partial charge is 0.482 e. The van der Waals surface area contributed by atoms with Gasteiger partial charge in [-0.1, -0.05) is 18.2 Å². The van der Waals surface area contributed by atoms with Gasteiger partial charge in [0.1, 0.15) is 5.41 Å². The summed E-state index contributed by atoms with van der Waals surface area (Å²) in [5, 5.41) is 0.885. The summed E-state index contributed by atoms with van der Waals surface area (Å²) in [6, 6.07) is 9.59. The van der Waals surface area contributed by atoms with Crippen LogP contribution in [0.4, 0.5) is 5.69 Å². The van der Waals surface area contributed by atoms with Gasteiger partial charge in [-0.05, 0) is 30.9 Å². The molecule has 0 saturated heterocycles. The maximum Gasteiger partial charge on any atom is 0.250 e. The lowest BCUT2D eigenvalue weighted by Crippen LogP contribution is -2.39. The number of para-hydroxylation sites is 1. The van der Waals surface area contributed by atoms with Crippen molar-refractivity contribution in [3.63, 3.8) is 0 Å². The van der Waals surface area contributed by atoms with Gasteiger partial charge in [0, 0.05) is 6.54 Å². The van der Waals surface area contributed by atoms with Gasteiger partial charge in [0.25, 0.3) is 5.91 Å². The molecule has 0 saturated carbocycles. The Morgan fingerprint density at radius 1 is 1.35 bits per heavy atom. The van der Waals surface area contributed by atoms with Crippen molar-refractivity contribution in [2.45, 2.75) is 6.42 Å². The molecule has 0 aliphatic carbocycles. The van der Waals surface area contributed by atoms with Gasteiger partial charge in [-0.25, -0.2) is 0 Å². The molecule has 5 heteroatoms. The van der Waals surface area contributed by atoms with Crippen LogP contribution in [-0.2, 0) is 9.53 Å². The molecule has 1 aromatic carbocycles. The fourth-order valence-corrected chi connectivity index (χ4v) is 3.60. The van der Waals surface area contributed by atoms with Crippen molar-refractivity contribution in [2.75, 3.05) is 24.8 Å². The van der Waals surface area contributed by atoms with E-state index < -0.39 is 5.41 Å². The third kappa shape index (κ3) is 1.77. The topological polar surface area (TPSA) is 41.9 Å². The third-order valence-electron chi connectivity index (χ3n) is 3.74. The summed E-state index contributed by atoms with van der Waals surface area (Å²) >= 11 is 1.54. The van der Waals surface area contributed by atoms with Crippen molar-refractivity contribution in [2.24, 2.45) is 10.4 Å². The van der Waals surface area contributed by atoms with Gasteiger partial charge >= 0.3 is 0 Å². The Kier molecular flexibility index (Phi) is 3.30. The van der Waals surface area contributed by atoms with E-state index in [0.29, 0.717) is 12.4 Å². The SMILES string of the molecule is COC1=CC2(CCN=C2SC)C(=O)N1c1ccccc1. The van der Waals surface area contributed by atoms with Gasteiger partial charge < -0.3 is 4.74 Å². The molecule has 4 nitrogen and oxygen atoms in total. The first-order valence-electron chi connectivity index (χ1n) is 6.48. The summed E-state index contributed by atoms with van der Waals surface area (Å²) in [4.78, 5) is 19.1. The maximum absolute atomic E-state index is 13.0. The monoisotopic (exact) mass is 288 g/mol. The zero-order chi connectivity index (χ0) is 14.2. The number of ether oxygens (including phenoxy) is 1. The Bertz CT molecular complexity index is 597. The fourth-order valence-electron chi connectivity index (χ4n) is 2.77. The van der Waals surface area contributed by atoms with Gasteiger partial charge in [0.2, 0.25) is 0 Å². The Hall–Kier alpha value is -1.75. The lowest BCUT2D eigenvalue weighted by molar-refractivity contribution is -0.121. The molecular weight excluding hydrogens is 272 g/mol. The summed E-state index contributed by atoms with van der Waals surface area (Å²) in [6.45, 7) is 0.692. The van der Waals surface area contributed by atoms with Crippen LogP contribution >= 0.6 is 11.8 Å². The summed E-state index contributed by atoms with van der Waals surface area (Å²) in [5.41, 5.74) is 0.204. The highest BCUT2D eigenvalue weighted by atomic mass is 32.2. The van der Waals surface area contributed by atoms with E-state index in [-0.39, 0.29) is 5.91 Å². The molecule has 0 N–H and O–H groups in total. The van der Waals surface area contributed by atoms with Gasteiger partial charge in [0.15, 0.2) is 5.88 Å². The predicted molar refractivity (Wildman–Crippen MR) is 81.9 cm³/mol. The molecule has 1 atom stereocenters. The number of methoxy groups -OCH3 is 1. The molecule has 0 radical (unpaired) electrons. The van der Waals surface area contributed by atoms with Crippen LogP contribution in [0.25, 0.3) is 0 Å². The molecule has 2 heterocycles. The first-order valence-corrected chi connectivity index (χ1v) is 7.71. The van der Waals surface area contributed by atoms with Gasteiger partial charge in [-0.3, -0.25) is 14.7 Å². The van der Waals surface area contributed by atoms with Crippen molar-refractivity contribution >= 4 is 28.4 Å². The van der Waals surface area contributed by atoms with E-state index in [0.717, 1.165) is 17.2 Å². The lowest BCUT2D eigenvalue weighted by Gasteiger charge is -2.24. The number of carbonyl (C=O) groups excluding carboxylic acids is 1. The van der Waals surface area contributed by atoms with E-state index in [1.165, 1.54) is 0 Å². The molecule has 2 aliphatic heterocycles. The average molecular weight is 288 g/mol. The molecule has 0 fully saturated rings. The Morgan fingerprint density at radius 2 is 2.10 bits per heavy atom. The van der Waals surface area contributed by atoms with Gasteiger partial charge in [-0.15, -0.1) is 11.8 Å². The van der Waals surface area contributed by atoms with Crippen molar-refractivity contribution in [3.05, 3.63) is 42.3 Å². The zero-order valence-electron chi connectivity index (χ0n) is 11.5. The van der Waals surface area contributed by atoms with Crippen molar-refractivity contribution in [3.8, 4) is 0 Å². The van der Waals surface area contributed by atoms with Crippen LogP contribution < -0.4 is 4.90 Å². The summed E-state index contributed by atoms with van der Waals surface area (Å²) in [6.07, 6.45) is 4.60. The number of anilines is 1. The highest BCUT2D eigenvalue weighted by molar-refractivity contribution is 8.13. The van der Waals surface area contributed by atoms with E-state index in [4.69, 9.17) is 4.74 Å². The van der Waals surface area contributed by atoms with Gasteiger partial charge in [0.05, 0.1) is 17.8 Å². The molecule has 20 heavy (non-hydrogen) atoms. The molecule has 0 aromatic heterocycles. The minimum atomic E-state index is -0.624. The number of carbonyl (C=O) groups is 1. The first-order chi connectivity index (χ1) is 9.73. The van der Waals surface area contributed by atoms with E-state index in [1.807, 2.05) is 42.7 Å². The van der Waals surface area contributed by atoms with Crippen LogP contribution in [0.1, 0.15) is 6.42 Å². The summed E-state index contributed by atoms with van der Waals surface area (Å²) < 4.78 is 5.43. The minimum absolute atomic E-state index is 0.0335. The predicted octanol–water partition coefficient (Wildman–Crippen LogP) is 2.67. The molecule has 0 bridgehead atoms. The third-order valence-corrected chi connectivity index (χ3v) is 4.62. The second-order valence-electron chi connectivity index (χ2n) is 4.78. The number of hydrogen-bond acceptors (Lipinski definition) is 4. The number of aliphatic imine (C=N–C) groups is 1. The van der Waals surface area contributed by atoms with Crippen LogP contribution in [0.15, 0.2) is 47.3 Å². The standard InChI is InChI=1S/C15H16N2O2S/c1-19-12-10-15(8-9-16-13(15)20-2)14(18)17(12)11-6-4-3-5-7-11/h3-7,10H,8-9H2,1-2H3. The number of rotatable bonds is 2. The zero-order valence-corrected chi connectivity index (χ0v) is 12.3. The van der Waals surface area contributed by atoms with Crippen molar-refractivity contribution < 1.29 is 9.53 Å². The van der Waals surface area contributed by atoms with Crippen LogP contribution in [0.3, 0.4) is 0 Å². The fraction of sp³-hybridized carbons (Fsp3) is 0.333. The molecule has 2 aliphatic rings. The first kappa shape index (κ1) is 13.2. The Labute approximate surface area is 122 Å². The summed E-state index contributed by atoms with van der Waals surface area (Å²) in [5.74, 6) is 0.621. The lowest BCUT2D eigenvalue weighted by atomic mass is 9.88. The number of benzene rings is 1. The van der Waals surface area contributed by atoms with E-state index >= 15 is 0 Å². The number of amides is 1. The minimum Gasteiger partial charge on any atom is -0.482 e. The second kappa shape index (κ2) is 4.98. The molecular formula is C15H16N2O2S. The average Bonchev–Trinajstić information content (AvgIpc) is 3.03. The van der Waals surface area contributed by atoms with Crippen LogP contribution in [-0.4, -0.2) is 30.9 Å². The van der Waals surface area contributed by atoms with Crippen molar-refractivity contribution in [1.82, 2.24) is 0 Å². The van der Waals surface area contributed by atoms with Crippen LogP contribution in [0, 0.1) is 5.41 Å². The molecule has 104 valence electrons. The van der Waals surface area contributed by atoms with E-state index in [1.54, 1.807) is 23.8 Å². The number of hydrogen-bond donors (Lipinski definition) is 0. The molecule has 1 unspecified atom stereocenters. The van der Waals surface area contributed by atoms with E-state index in [9.17, 15) is 4.79 Å². The second-order valence-corrected chi connectivity index (χ2v) is 5.57. The maximum atomic E-state index is 13.0. The number of thioether (sulfide) groups is 1. The summed E-state index contributed by atoms with van der Waals surface area (Å²) in [7, 11) is 1.60. The molecule has 1 aromatic rings. The van der Waals surface area contributed by atoms with Gasteiger partial charge in [-0.2, -0.15) is 0 Å². The smallest absolute Gasteiger partial charge is 0.250 e. The normalized spacial score (nSPS) is 25.1. The Morgan fingerprint density at radius 3 is 2.75 bits per heavy atom. The van der Waals surface area contributed by atoms with Crippen LogP contribution in [0.2, 0.25) is 0 Å². The highest BCUT2D eigenvalue weighted by Gasteiger charge is 2.52. The van der Waals surface area contributed by atoms with Crippen LogP contribution in [0.5, 0.6) is 0 Å². The van der Waals surface area contributed by atoms with E-state index in [2.05, 4.69) is 4.99 Å². The quantitative estimate of drug-likeness (QED) is 0.840. The molecule has 1 amide bonds. The van der Waals surface area contributed by atoms with Crippen molar-refractivity contribution in [1.29, 1.82) is 0 Å². The molecule has 1 spiro atoms. The Balaban J connectivity index is 2.06. The highest BCUT2D eigenvalue weighted by Crippen LogP contribution is 2.45.